The molecule has 0 bridgehead atoms. The fourth-order valence-electron chi connectivity index (χ4n) is 3.54. The highest BCUT2D eigenvalue weighted by Crippen LogP contribution is 2.31. The number of carbonyl (C=O) groups excluding carboxylic acids is 3. The lowest BCUT2D eigenvalue weighted by atomic mass is 9.80. The maximum atomic E-state index is 12.1. The van der Waals surface area contributed by atoms with Crippen LogP contribution in [0.15, 0.2) is 25.3 Å². The van der Waals surface area contributed by atoms with E-state index in [1.54, 1.807) is 6.92 Å². The Kier molecular flexibility index (Phi) is 29.9. The van der Waals surface area contributed by atoms with E-state index < -0.39 is 29.3 Å². The summed E-state index contributed by atoms with van der Waals surface area (Å²) in [6, 6.07) is 1.86. The van der Waals surface area contributed by atoms with Crippen molar-refractivity contribution in [1.29, 1.82) is 5.26 Å². The van der Waals surface area contributed by atoms with Gasteiger partial charge >= 0.3 is 29.8 Å². The van der Waals surface area contributed by atoms with Crippen LogP contribution in [0.1, 0.15) is 112 Å². The third-order valence-electron chi connectivity index (χ3n) is 6.10. The second-order valence-electron chi connectivity index (χ2n) is 10.9. The molecule has 0 aromatic heterocycles. The van der Waals surface area contributed by atoms with E-state index in [0.717, 1.165) is 50.5 Å². The standard InChI is InChI=1S/C19H31NO6.C11H20O2.C3H4O2/c1-4-25-18(24)19(14-20,11-9-16(21)22)12-10-17(23)26-13-7-5-6-8-15(2)3;1-4-11(12)13-9-7-5-6-8-10(2)3;1-2-3(4)5/h15H,4-13H2,1-3H3,(H,21,22);4,10H,1,5-9H2,2-3H3;2H,1H2,(H,4,5). The molecular weight excluding hydrogens is 570 g/mol. The van der Waals surface area contributed by atoms with Crippen LogP contribution in [-0.4, -0.2) is 59.9 Å². The molecule has 44 heavy (non-hydrogen) atoms. The van der Waals surface area contributed by atoms with Crippen molar-refractivity contribution in [1.82, 2.24) is 0 Å². The lowest BCUT2D eigenvalue weighted by Crippen LogP contribution is -2.33. The first-order valence-electron chi connectivity index (χ1n) is 15.3. The Balaban J connectivity index is -0.000000770. The first-order chi connectivity index (χ1) is 20.7. The van der Waals surface area contributed by atoms with Crippen LogP contribution in [0.25, 0.3) is 0 Å². The molecule has 0 aliphatic rings. The van der Waals surface area contributed by atoms with Crippen molar-refractivity contribution < 1.29 is 48.4 Å². The van der Waals surface area contributed by atoms with Crippen LogP contribution in [0.2, 0.25) is 0 Å². The first kappa shape index (κ1) is 44.8. The molecule has 11 nitrogen and oxygen atoms in total. The molecule has 0 saturated carbocycles. The summed E-state index contributed by atoms with van der Waals surface area (Å²) >= 11 is 0. The average molecular weight is 626 g/mol. The predicted octanol–water partition coefficient (Wildman–Crippen LogP) is 6.65. The summed E-state index contributed by atoms with van der Waals surface area (Å²) in [5.74, 6) is -2.26. The van der Waals surface area contributed by atoms with Gasteiger partial charge in [0, 0.05) is 25.0 Å². The maximum Gasteiger partial charge on any atom is 0.330 e. The molecule has 0 aliphatic carbocycles. The average Bonchev–Trinajstić information content (AvgIpc) is 2.97. The van der Waals surface area contributed by atoms with Crippen molar-refractivity contribution >= 4 is 29.8 Å². The fraction of sp³-hybridized carbons (Fsp3) is 0.697. The molecule has 0 saturated heterocycles. The Labute approximate surface area is 263 Å². The zero-order valence-electron chi connectivity index (χ0n) is 27.4. The minimum atomic E-state index is -1.63. The zero-order chi connectivity index (χ0) is 34.4. The van der Waals surface area contributed by atoms with Gasteiger partial charge in [-0.05, 0) is 44.4 Å². The van der Waals surface area contributed by atoms with Gasteiger partial charge in [0.1, 0.15) is 0 Å². The minimum Gasteiger partial charge on any atom is -0.481 e. The number of carbonyl (C=O) groups is 5. The highest BCUT2D eigenvalue weighted by atomic mass is 16.5. The fourth-order valence-corrected chi connectivity index (χ4v) is 3.54. The van der Waals surface area contributed by atoms with Gasteiger partial charge in [-0.1, -0.05) is 79.4 Å². The Hall–Kier alpha value is -3.68. The van der Waals surface area contributed by atoms with Crippen molar-refractivity contribution in [2.24, 2.45) is 17.3 Å². The van der Waals surface area contributed by atoms with Crippen LogP contribution in [0, 0.1) is 28.6 Å². The van der Waals surface area contributed by atoms with Crippen molar-refractivity contribution in [3.63, 3.8) is 0 Å². The summed E-state index contributed by atoms with van der Waals surface area (Å²) in [5, 5.41) is 25.9. The van der Waals surface area contributed by atoms with Gasteiger partial charge in [0.05, 0.1) is 25.9 Å². The van der Waals surface area contributed by atoms with Crippen LogP contribution in [0.3, 0.4) is 0 Å². The number of carboxylic acid groups (broad SMARTS) is 2. The van der Waals surface area contributed by atoms with Gasteiger partial charge in [-0.2, -0.15) is 5.26 Å². The largest absolute Gasteiger partial charge is 0.481 e. The van der Waals surface area contributed by atoms with E-state index in [2.05, 4.69) is 40.9 Å². The second-order valence-corrected chi connectivity index (χ2v) is 10.9. The number of hydrogen-bond donors (Lipinski definition) is 2. The normalized spacial score (nSPS) is 11.3. The van der Waals surface area contributed by atoms with Gasteiger partial charge in [-0.3, -0.25) is 14.4 Å². The quantitative estimate of drug-likeness (QED) is 0.0569. The number of hydrogen-bond acceptors (Lipinski definition) is 9. The third-order valence-corrected chi connectivity index (χ3v) is 6.10. The number of rotatable bonds is 22. The summed E-state index contributed by atoms with van der Waals surface area (Å²) in [4.78, 5) is 54.6. The van der Waals surface area contributed by atoms with Gasteiger partial charge in [-0.25, -0.2) is 9.59 Å². The Morgan fingerprint density at radius 1 is 0.773 bits per heavy atom. The molecule has 0 amide bonds. The molecule has 2 N–H and O–H groups in total. The third kappa shape index (κ3) is 29.8. The number of nitriles is 1. The van der Waals surface area contributed by atoms with Crippen molar-refractivity contribution in [3.05, 3.63) is 25.3 Å². The monoisotopic (exact) mass is 625 g/mol. The first-order valence-corrected chi connectivity index (χ1v) is 15.3. The van der Waals surface area contributed by atoms with E-state index in [9.17, 15) is 29.2 Å². The van der Waals surface area contributed by atoms with Gasteiger partial charge in [0.25, 0.3) is 0 Å². The van der Waals surface area contributed by atoms with Crippen molar-refractivity contribution in [2.45, 2.75) is 112 Å². The summed E-state index contributed by atoms with van der Waals surface area (Å²) in [7, 11) is 0. The maximum absolute atomic E-state index is 12.1. The van der Waals surface area contributed by atoms with E-state index in [1.165, 1.54) is 18.9 Å². The molecule has 252 valence electrons. The van der Waals surface area contributed by atoms with Crippen molar-refractivity contribution in [2.75, 3.05) is 19.8 Å². The van der Waals surface area contributed by atoms with E-state index in [1.807, 2.05) is 6.07 Å². The molecule has 11 heteroatoms. The molecule has 0 heterocycles. The van der Waals surface area contributed by atoms with Crippen molar-refractivity contribution in [3.8, 4) is 6.07 Å². The van der Waals surface area contributed by atoms with Gasteiger partial charge < -0.3 is 24.4 Å². The number of ether oxygens (including phenoxy) is 3. The smallest absolute Gasteiger partial charge is 0.330 e. The summed E-state index contributed by atoms with van der Waals surface area (Å²) in [6.07, 6.45) is 9.83. The molecule has 1 unspecified atom stereocenters. The Bertz CT molecular complexity index is 891. The molecule has 0 radical (unpaired) electrons. The highest BCUT2D eigenvalue weighted by molar-refractivity contribution is 5.82. The Morgan fingerprint density at radius 2 is 1.25 bits per heavy atom. The number of esters is 3. The number of nitrogens with zero attached hydrogens (tertiary/aromatic N) is 1. The lowest BCUT2D eigenvalue weighted by molar-refractivity contribution is -0.154. The van der Waals surface area contributed by atoms with Crippen LogP contribution < -0.4 is 0 Å². The molecule has 0 aliphatic heterocycles. The molecule has 0 spiro atoms. The van der Waals surface area contributed by atoms with E-state index in [0.29, 0.717) is 19.1 Å². The molecule has 0 aromatic rings. The number of aliphatic carboxylic acids is 2. The van der Waals surface area contributed by atoms with Crippen LogP contribution in [0.5, 0.6) is 0 Å². The molecule has 0 rings (SSSR count). The highest BCUT2D eigenvalue weighted by Gasteiger charge is 2.41. The van der Waals surface area contributed by atoms with Crippen LogP contribution >= 0.6 is 0 Å². The van der Waals surface area contributed by atoms with E-state index in [-0.39, 0.29) is 38.3 Å². The summed E-state index contributed by atoms with van der Waals surface area (Å²) in [5.41, 5.74) is -1.63. The topological polar surface area (TPSA) is 177 Å². The Morgan fingerprint density at radius 3 is 1.64 bits per heavy atom. The SMILES string of the molecule is C=CC(=O)O.C=CC(=O)OCCCCCC(C)C.CCOC(=O)C(C#N)(CCC(=O)O)CCC(=O)OCCCCCC(C)C. The number of carboxylic acids is 2. The van der Waals surface area contributed by atoms with E-state index >= 15 is 0 Å². The summed E-state index contributed by atoms with van der Waals surface area (Å²) in [6.45, 7) is 17.6. The molecular formula is C33H55NO10. The van der Waals surface area contributed by atoms with Gasteiger partial charge in [0.2, 0.25) is 0 Å². The number of unbranched alkanes of at least 4 members (excludes halogenated alkanes) is 4. The molecule has 0 fully saturated rings. The van der Waals surface area contributed by atoms with E-state index in [4.69, 9.17) is 24.4 Å². The van der Waals surface area contributed by atoms with Crippen LogP contribution in [0.4, 0.5) is 0 Å². The molecule has 1 atom stereocenters. The van der Waals surface area contributed by atoms with Gasteiger partial charge in [-0.15, -0.1) is 0 Å². The molecule has 0 aromatic carbocycles. The predicted molar refractivity (Wildman–Crippen MR) is 167 cm³/mol. The zero-order valence-corrected chi connectivity index (χ0v) is 27.4. The lowest BCUT2D eigenvalue weighted by Gasteiger charge is -2.23. The van der Waals surface area contributed by atoms with Crippen LogP contribution in [-0.2, 0) is 38.2 Å². The second kappa shape index (κ2) is 29.4. The summed E-state index contributed by atoms with van der Waals surface area (Å²) < 4.78 is 14.9. The van der Waals surface area contributed by atoms with Gasteiger partial charge in [0.15, 0.2) is 5.41 Å². The minimum absolute atomic E-state index is 0.0795.